The van der Waals surface area contributed by atoms with Gasteiger partial charge in [-0.3, -0.25) is 14.4 Å². The molecule has 0 spiro atoms. The van der Waals surface area contributed by atoms with Crippen LogP contribution in [0.4, 0.5) is 5.69 Å². The van der Waals surface area contributed by atoms with Gasteiger partial charge in [0.05, 0.1) is 30.5 Å². The summed E-state index contributed by atoms with van der Waals surface area (Å²) in [5.74, 6) is -0.313. The number of hydrogen-bond donors (Lipinski definition) is 1. The van der Waals surface area contributed by atoms with E-state index in [0.717, 1.165) is 35.5 Å². The molecule has 1 heterocycles. The van der Waals surface area contributed by atoms with Crippen molar-refractivity contribution in [1.29, 1.82) is 0 Å². The summed E-state index contributed by atoms with van der Waals surface area (Å²) in [5, 5.41) is 9.18. The highest BCUT2D eigenvalue weighted by atomic mass is 16.5. The molecule has 0 fully saturated rings. The van der Waals surface area contributed by atoms with E-state index >= 15 is 0 Å². The lowest BCUT2D eigenvalue weighted by Crippen LogP contribution is -2.29. The smallest absolute Gasteiger partial charge is 0.303 e. The van der Waals surface area contributed by atoms with Crippen LogP contribution in [0.3, 0.4) is 0 Å². The molecule has 1 aliphatic heterocycles. The molecule has 2 amide bonds. The van der Waals surface area contributed by atoms with Crippen molar-refractivity contribution < 1.29 is 29.0 Å². The normalized spacial score (nSPS) is 12.7. The molecule has 0 atom stereocenters. The first-order valence-corrected chi connectivity index (χ1v) is 12.2. The van der Waals surface area contributed by atoms with Gasteiger partial charge >= 0.3 is 5.97 Å². The third kappa shape index (κ3) is 6.25. The molecule has 7 heteroatoms. The molecule has 1 aliphatic rings. The first-order chi connectivity index (χ1) is 18.0. The van der Waals surface area contributed by atoms with E-state index in [-0.39, 0.29) is 24.7 Å². The van der Waals surface area contributed by atoms with Crippen LogP contribution in [0.2, 0.25) is 0 Å². The highest BCUT2D eigenvalue weighted by Crippen LogP contribution is 2.32. The molecular weight excluding hydrogens is 470 g/mol. The number of rotatable bonds is 12. The molecular formula is C30H29NO6. The average molecular weight is 500 g/mol. The van der Waals surface area contributed by atoms with Crippen LogP contribution in [0.25, 0.3) is 6.08 Å². The molecule has 7 nitrogen and oxygen atoms in total. The second-order valence-electron chi connectivity index (χ2n) is 8.70. The van der Waals surface area contributed by atoms with Gasteiger partial charge in [0.2, 0.25) is 0 Å². The van der Waals surface area contributed by atoms with Crippen LogP contribution in [-0.4, -0.2) is 36.6 Å². The van der Waals surface area contributed by atoms with Crippen LogP contribution in [0.5, 0.6) is 11.5 Å². The minimum atomic E-state index is -0.930. The summed E-state index contributed by atoms with van der Waals surface area (Å²) in [5.41, 5.74) is 2.89. The Labute approximate surface area is 215 Å². The van der Waals surface area contributed by atoms with Crippen molar-refractivity contribution in [3.8, 4) is 11.5 Å². The van der Waals surface area contributed by atoms with Gasteiger partial charge in [0, 0.05) is 6.42 Å². The van der Waals surface area contributed by atoms with E-state index in [9.17, 15) is 19.5 Å². The monoisotopic (exact) mass is 499 g/mol. The number of ether oxygens (including phenoxy) is 2. The Kier molecular flexibility index (Phi) is 8.36. The Morgan fingerprint density at radius 2 is 1.65 bits per heavy atom. The zero-order valence-corrected chi connectivity index (χ0v) is 20.7. The summed E-state index contributed by atoms with van der Waals surface area (Å²) in [7, 11) is 1.64. The predicted molar refractivity (Wildman–Crippen MR) is 141 cm³/mol. The second-order valence-corrected chi connectivity index (χ2v) is 8.70. The molecule has 37 heavy (non-hydrogen) atoms. The number of aliphatic carboxylic acids is 1. The standard InChI is InChI=1S/C30H29NO6/c1-36-24-15-11-21(12-16-24)8-4-2-3-7-19-37-27-17-14-23(20-22(27)13-18-28(32)33)31-29(34)25-9-5-6-10-26(25)30(31)35/h4-6,8-12,14-17,20H,2-3,7,13,18-19H2,1H3,(H,32,33). The van der Waals surface area contributed by atoms with Crippen molar-refractivity contribution in [2.75, 3.05) is 18.6 Å². The topological polar surface area (TPSA) is 93.1 Å². The summed E-state index contributed by atoms with van der Waals surface area (Å²) in [6.07, 6.45) is 7.00. The number of amides is 2. The van der Waals surface area contributed by atoms with Crippen molar-refractivity contribution in [3.05, 3.63) is 95.1 Å². The van der Waals surface area contributed by atoms with E-state index in [1.807, 2.05) is 24.3 Å². The van der Waals surface area contributed by atoms with Gasteiger partial charge in [-0.15, -0.1) is 0 Å². The lowest BCUT2D eigenvalue weighted by atomic mass is 10.1. The number of benzene rings is 3. The fraction of sp³-hybridized carbons (Fsp3) is 0.233. The molecule has 0 unspecified atom stereocenters. The molecule has 0 aromatic heterocycles. The van der Waals surface area contributed by atoms with E-state index in [1.165, 1.54) is 0 Å². The number of carboxylic acid groups (broad SMARTS) is 1. The third-order valence-electron chi connectivity index (χ3n) is 6.15. The third-order valence-corrected chi connectivity index (χ3v) is 6.15. The molecule has 0 aliphatic carbocycles. The molecule has 190 valence electrons. The highest BCUT2D eigenvalue weighted by Gasteiger charge is 2.36. The van der Waals surface area contributed by atoms with Crippen molar-refractivity contribution in [3.63, 3.8) is 0 Å². The zero-order chi connectivity index (χ0) is 26.2. The van der Waals surface area contributed by atoms with Crippen LogP contribution in [0, 0.1) is 0 Å². The SMILES string of the molecule is COc1ccc(C=CCCCCOc2ccc(N3C(=O)c4ccccc4C3=O)cc2CCC(=O)O)cc1. The Hall–Kier alpha value is -4.39. The lowest BCUT2D eigenvalue weighted by Gasteiger charge is -2.18. The summed E-state index contributed by atoms with van der Waals surface area (Å²) < 4.78 is 11.1. The number of carbonyl (C=O) groups excluding carboxylic acids is 2. The van der Waals surface area contributed by atoms with E-state index in [0.29, 0.717) is 34.7 Å². The molecule has 3 aromatic rings. The number of allylic oxidation sites excluding steroid dienone is 1. The molecule has 0 bridgehead atoms. The highest BCUT2D eigenvalue weighted by molar-refractivity contribution is 6.34. The quantitative estimate of drug-likeness (QED) is 0.251. The molecule has 1 N–H and O–H groups in total. The van der Waals surface area contributed by atoms with Gasteiger partial charge in [0.1, 0.15) is 11.5 Å². The van der Waals surface area contributed by atoms with Gasteiger partial charge in [-0.25, -0.2) is 4.90 Å². The number of imide groups is 1. The summed E-state index contributed by atoms with van der Waals surface area (Å²) in [6, 6.07) is 19.6. The zero-order valence-electron chi connectivity index (χ0n) is 20.7. The van der Waals surface area contributed by atoms with Crippen molar-refractivity contribution >= 4 is 29.5 Å². The maximum atomic E-state index is 12.9. The van der Waals surface area contributed by atoms with Crippen LogP contribution in [-0.2, 0) is 11.2 Å². The van der Waals surface area contributed by atoms with Gasteiger partial charge in [0.15, 0.2) is 0 Å². The molecule has 0 saturated carbocycles. The van der Waals surface area contributed by atoms with Gasteiger partial charge in [-0.1, -0.05) is 36.4 Å². The molecule has 4 rings (SSSR count). The van der Waals surface area contributed by atoms with Gasteiger partial charge in [-0.2, -0.15) is 0 Å². The van der Waals surface area contributed by atoms with E-state index in [2.05, 4.69) is 12.2 Å². The molecule has 0 radical (unpaired) electrons. The number of fused-ring (bicyclic) bond motifs is 1. The maximum Gasteiger partial charge on any atom is 0.303 e. The van der Waals surface area contributed by atoms with Crippen LogP contribution in [0.15, 0.2) is 72.8 Å². The van der Waals surface area contributed by atoms with Gasteiger partial charge < -0.3 is 14.6 Å². The molecule has 3 aromatic carbocycles. The Morgan fingerprint density at radius 3 is 2.30 bits per heavy atom. The van der Waals surface area contributed by atoms with Crippen LogP contribution < -0.4 is 14.4 Å². The fourth-order valence-corrected chi connectivity index (χ4v) is 4.19. The minimum Gasteiger partial charge on any atom is -0.497 e. The second kappa shape index (κ2) is 12.0. The summed E-state index contributed by atoms with van der Waals surface area (Å²) >= 11 is 0. The van der Waals surface area contributed by atoms with E-state index in [4.69, 9.17) is 9.47 Å². The van der Waals surface area contributed by atoms with Gasteiger partial charge in [-0.05, 0) is 79.3 Å². The number of nitrogens with zero attached hydrogens (tertiary/aromatic N) is 1. The Morgan fingerprint density at radius 1 is 0.946 bits per heavy atom. The number of carboxylic acids is 1. The number of methoxy groups -OCH3 is 1. The minimum absolute atomic E-state index is 0.0852. The number of anilines is 1. The Bertz CT molecular complexity index is 1280. The number of hydrogen-bond acceptors (Lipinski definition) is 5. The number of carbonyl (C=O) groups is 3. The lowest BCUT2D eigenvalue weighted by molar-refractivity contribution is -0.136. The molecule has 0 saturated heterocycles. The Balaban J connectivity index is 1.36. The largest absolute Gasteiger partial charge is 0.497 e. The number of aryl methyl sites for hydroxylation is 1. The maximum absolute atomic E-state index is 12.9. The average Bonchev–Trinajstić information content (AvgIpc) is 3.17. The van der Waals surface area contributed by atoms with Crippen molar-refractivity contribution in [1.82, 2.24) is 0 Å². The fourth-order valence-electron chi connectivity index (χ4n) is 4.19. The van der Waals surface area contributed by atoms with E-state index in [1.54, 1.807) is 49.6 Å². The summed E-state index contributed by atoms with van der Waals surface area (Å²) in [6.45, 7) is 0.475. The predicted octanol–water partition coefficient (Wildman–Crippen LogP) is 5.78. The summed E-state index contributed by atoms with van der Waals surface area (Å²) in [4.78, 5) is 38.0. The van der Waals surface area contributed by atoms with Crippen LogP contribution in [0.1, 0.15) is 57.5 Å². The number of unbranched alkanes of at least 4 members (excludes halogenated alkanes) is 2. The van der Waals surface area contributed by atoms with E-state index < -0.39 is 5.97 Å². The van der Waals surface area contributed by atoms with Gasteiger partial charge in [0.25, 0.3) is 11.8 Å². The van der Waals surface area contributed by atoms with Crippen molar-refractivity contribution in [2.45, 2.75) is 32.1 Å². The first-order valence-electron chi connectivity index (χ1n) is 12.2. The first kappa shape index (κ1) is 25.7. The van der Waals surface area contributed by atoms with Crippen LogP contribution >= 0.6 is 0 Å². The van der Waals surface area contributed by atoms with Crippen molar-refractivity contribution in [2.24, 2.45) is 0 Å².